The van der Waals surface area contributed by atoms with Crippen molar-refractivity contribution in [3.05, 3.63) is 69.4 Å². The Morgan fingerprint density at radius 2 is 1.86 bits per heavy atom. The second-order valence-electron chi connectivity index (χ2n) is 5.34. The van der Waals surface area contributed by atoms with Gasteiger partial charge in [-0.25, -0.2) is 4.39 Å². The Morgan fingerprint density at radius 1 is 1.14 bits per heavy atom. The van der Waals surface area contributed by atoms with Crippen LogP contribution in [0.25, 0.3) is 0 Å². The highest BCUT2D eigenvalue weighted by Gasteiger charge is 2.14. The second-order valence-corrected chi connectivity index (χ2v) is 6.25. The smallest absolute Gasteiger partial charge is 0.123 e. The molecule has 2 rings (SSSR count). The van der Waals surface area contributed by atoms with Crippen molar-refractivity contribution in [2.24, 2.45) is 0 Å². The monoisotopic (exact) mass is 349 g/mol. The molecule has 2 aromatic rings. The van der Waals surface area contributed by atoms with Crippen molar-refractivity contribution in [3.8, 4) is 0 Å². The molecule has 0 fully saturated rings. The van der Waals surface area contributed by atoms with E-state index in [1.165, 1.54) is 11.6 Å². The maximum absolute atomic E-state index is 13.6. The van der Waals surface area contributed by atoms with Gasteiger partial charge in [0.15, 0.2) is 0 Å². The molecule has 0 aromatic heterocycles. The fourth-order valence-corrected chi connectivity index (χ4v) is 2.72. The highest BCUT2D eigenvalue weighted by atomic mass is 79.9. The van der Waals surface area contributed by atoms with Crippen LogP contribution in [0.2, 0.25) is 0 Å². The quantitative estimate of drug-likeness (QED) is 0.757. The minimum atomic E-state index is -0.172. The van der Waals surface area contributed by atoms with Crippen LogP contribution in [0.3, 0.4) is 0 Å². The summed E-state index contributed by atoms with van der Waals surface area (Å²) >= 11 is 3.45. The first-order valence-electron chi connectivity index (χ1n) is 7.34. The van der Waals surface area contributed by atoms with E-state index in [-0.39, 0.29) is 11.9 Å². The van der Waals surface area contributed by atoms with Crippen LogP contribution in [-0.4, -0.2) is 6.54 Å². The van der Waals surface area contributed by atoms with Gasteiger partial charge < -0.3 is 5.32 Å². The Hall–Kier alpha value is -1.19. The van der Waals surface area contributed by atoms with Crippen LogP contribution in [0, 0.1) is 12.7 Å². The number of halogens is 2. The Morgan fingerprint density at radius 3 is 2.52 bits per heavy atom. The van der Waals surface area contributed by atoms with E-state index in [2.05, 4.69) is 40.3 Å². The number of nitrogens with one attached hydrogen (secondary N) is 1. The molecular formula is C18H21BrFN. The van der Waals surface area contributed by atoms with Gasteiger partial charge in [0, 0.05) is 10.5 Å². The van der Waals surface area contributed by atoms with E-state index in [9.17, 15) is 4.39 Å². The third-order valence-electron chi connectivity index (χ3n) is 3.61. The zero-order valence-corrected chi connectivity index (χ0v) is 14.1. The molecule has 1 atom stereocenters. The molecule has 3 heteroatoms. The van der Waals surface area contributed by atoms with E-state index in [0.29, 0.717) is 0 Å². The molecule has 0 radical (unpaired) electrons. The fraction of sp³-hybridized carbons (Fsp3) is 0.333. The number of hydrogen-bond donors (Lipinski definition) is 1. The summed E-state index contributed by atoms with van der Waals surface area (Å²) in [7, 11) is 0. The Labute approximate surface area is 134 Å². The summed E-state index contributed by atoms with van der Waals surface area (Å²) < 4.78 is 14.7. The van der Waals surface area contributed by atoms with Gasteiger partial charge in [-0.2, -0.15) is 0 Å². The van der Waals surface area contributed by atoms with Crippen LogP contribution < -0.4 is 5.32 Å². The van der Waals surface area contributed by atoms with Crippen molar-refractivity contribution >= 4 is 15.9 Å². The zero-order chi connectivity index (χ0) is 15.2. The first-order chi connectivity index (χ1) is 10.1. The molecule has 0 aliphatic heterocycles. The van der Waals surface area contributed by atoms with Gasteiger partial charge in [0.2, 0.25) is 0 Å². The number of hydrogen-bond acceptors (Lipinski definition) is 1. The predicted molar refractivity (Wildman–Crippen MR) is 90.0 cm³/mol. The molecule has 0 amide bonds. The summed E-state index contributed by atoms with van der Waals surface area (Å²) in [6.07, 6.45) is 1.92. The lowest BCUT2D eigenvalue weighted by Crippen LogP contribution is -2.25. The van der Waals surface area contributed by atoms with Gasteiger partial charge in [-0.1, -0.05) is 41.1 Å². The lowest BCUT2D eigenvalue weighted by Gasteiger charge is -2.21. The van der Waals surface area contributed by atoms with Crippen molar-refractivity contribution < 1.29 is 4.39 Å². The second kappa shape index (κ2) is 7.71. The van der Waals surface area contributed by atoms with E-state index in [1.54, 1.807) is 6.07 Å². The van der Waals surface area contributed by atoms with E-state index < -0.39 is 0 Å². The summed E-state index contributed by atoms with van der Waals surface area (Å²) in [6.45, 7) is 5.11. The zero-order valence-electron chi connectivity index (χ0n) is 12.5. The first kappa shape index (κ1) is 16.2. The van der Waals surface area contributed by atoms with Gasteiger partial charge in [-0.05, 0) is 67.3 Å². The van der Waals surface area contributed by atoms with Crippen molar-refractivity contribution in [2.45, 2.75) is 32.7 Å². The largest absolute Gasteiger partial charge is 0.310 e. The van der Waals surface area contributed by atoms with Gasteiger partial charge in [0.1, 0.15) is 5.82 Å². The molecule has 0 bridgehead atoms. The number of benzene rings is 2. The van der Waals surface area contributed by atoms with Gasteiger partial charge in [-0.3, -0.25) is 0 Å². The molecule has 1 N–H and O–H groups in total. The fourth-order valence-electron chi connectivity index (χ4n) is 2.45. The van der Waals surface area contributed by atoms with Gasteiger partial charge in [0.25, 0.3) is 0 Å². The lowest BCUT2D eigenvalue weighted by atomic mass is 9.95. The van der Waals surface area contributed by atoms with E-state index >= 15 is 0 Å². The van der Waals surface area contributed by atoms with Crippen molar-refractivity contribution in [2.75, 3.05) is 6.54 Å². The maximum Gasteiger partial charge on any atom is 0.123 e. The minimum Gasteiger partial charge on any atom is -0.310 e. The Balaban J connectivity index is 2.25. The summed E-state index contributed by atoms with van der Waals surface area (Å²) in [5.41, 5.74) is 3.42. The summed E-state index contributed by atoms with van der Waals surface area (Å²) in [5.74, 6) is -0.172. The topological polar surface area (TPSA) is 12.0 Å². The van der Waals surface area contributed by atoms with E-state index in [1.807, 2.05) is 25.1 Å². The van der Waals surface area contributed by atoms with Gasteiger partial charge in [0.05, 0.1) is 0 Å². The predicted octanol–water partition coefficient (Wildman–Crippen LogP) is 5.18. The molecule has 0 heterocycles. The Kier molecular flexibility index (Phi) is 5.95. The molecule has 0 aliphatic carbocycles. The summed E-state index contributed by atoms with van der Waals surface area (Å²) in [4.78, 5) is 0. The van der Waals surface area contributed by atoms with Gasteiger partial charge >= 0.3 is 0 Å². The molecule has 0 saturated carbocycles. The average molecular weight is 350 g/mol. The van der Waals surface area contributed by atoms with Crippen molar-refractivity contribution in [1.82, 2.24) is 5.32 Å². The standard InChI is InChI=1S/C18H21BrFN/c1-3-10-21-18(11-14-5-7-15(19)8-6-14)17-12-16(20)9-4-13(17)2/h4-9,12,18,21H,3,10-11H2,1-2H3. The van der Waals surface area contributed by atoms with E-state index in [4.69, 9.17) is 0 Å². The number of rotatable bonds is 6. The highest BCUT2D eigenvalue weighted by Crippen LogP contribution is 2.23. The SMILES string of the molecule is CCCNC(Cc1ccc(Br)cc1)c1cc(F)ccc1C. The van der Waals surface area contributed by atoms with Crippen LogP contribution in [0.1, 0.15) is 36.1 Å². The van der Waals surface area contributed by atoms with Crippen molar-refractivity contribution in [3.63, 3.8) is 0 Å². The van der Waals surface area contributed by atoms with Gasteiger partial charge in [-0.15, -0.1) is 0 Å². The molecular weight excluding hydrogens is 329 g/mol. The Bertz CT molecular complexity index is 580. The van der Waals surface area contributed by atoms with E-state index in [0.717, 1.165) is 35.0 Å². The lowest BCUT2D eigenvalue weighted by molar-refractivity contribution is 0.522. The molecule has 1 nitrogen and oxygen atoms in total. The first-order valence-corrected chi connectivity index (χ1v) is 8.13. The highest BCUT2D eigenvalue weighted by molar-refractivity contribution is 9.10. The molecule has 0 aliphatic rings. The third kappa shape index (κ3) is 4.65. The summed E-state index contributed by atoms with van der Waals surface area (Å²) in [5, 5.41) is 3.54. The van der Waals surface area contributed by atoms with Crippen molar-refractivity contribution in [1.29, 1.82) is 0 Å². The molecule has 0 spiro atoms. The molecule has 0 saturated heterocycles. The van der Waals surface area contributed by atoms with Crippen LogP contribution in [-0.2, 0) is 6.42 Å². The normalized spacial score (nSPS) is 12.4. The minimum absolute atomic E-state index is 0.141. The van der Waals surface area contributed by atoms with Crippen LogP contribution in [0.5, 0.6) is 0 Å². The molecule has 21 heavy (non-hydrogen) atoms. The molecule has 2 aromatic carbocycles. The molecule has 1 unspecified atom stereocenters. The summed E-state index contributed by atoms with van der Waals surface area (Å²) in [6, 6.07) is 13.5. The maximum atomic E-state index is 13.6. The van der Waals surface area contributed by atoms with Crippen LogP contribution in [0.4, 0.5) is 4.39 Å². The van der Waals surface area contributed by atoms with Crippen LogP contribution >= 0.6 is 15.9 Å². The number of aryl methyl sites for hydroxylation is 1. The third-order valence-corrected chi connectivity index (χ3v) is 4.14. The molecule has 112 valence electrons. The average Bonchev–Trinajstić information content (AvgIpc) is 2.48. The van der Waals surface area contributed by atoms with Crippen LogP contribution in [0.15, 0.2) is 46.9 Å².